The topological polar surface area (TPSA) is 56.6 Å². The van der Waals surface area contributed by atoms with E-state index in [4.69, 9.17) is 9.47 Å². The van der Waals surface area contributed by atoms with Gasteiger partial charge in [-0.15, -0.1) is 0 Å². The molecule has 6 nitrogen and oxygen atoms in total. The summed E-state index contributed by atoms with van der Waals surface area (Å²) in [7, 11) is 1.81. The molecule has 2 saturated heterocycles. The molecule has 0 radical (unpaired) electrons. The zero-order chi connectivity index (χ0) is 12.6. The molecule has 0 N–H and O–H groups in total. The maximum atomic E-state index is 12.2. The fourth-order valence-corrected chi connectivity index (χ4v) is 2.53. The first-order chi connectivity index (χ1) is 8.69. The van der Waals surface area contributed by atoms with Crippen LogP contribution in [0.3, 0.4) is 0 Å². The van der Waals surface area contributed by atoms with Crippen molar-refractivity contribution >= 4 is 5.91 Å². The zero-order valence-electron chi connectivity index (χ0n) is 10.5. The summed E-state index contributed by atoms with van der Waals surface area (Å²) in [5.41, 5.74) is 0.502. The van der Waals surface area contributed by atoms with Crippen molar-refractivity contribution in [2.45, 2.75) is 18.6 Å². The molecule has 1 amide bonds. The summed E-state index contributed by atoms with van der Waals surface area (Å²) in [5, 5.41) is 4.14. The van der Waals surface area contributed by atoms with E-state index < -0.39 is 5.79 Å². The predicted molar refractivity (Wildman–Crippen MR) is 63.0 cm³/mol. The monoisotopic (exact) mass is 251 g/mol. The maximum Gasteiger partial charge on any atom is 0.274 e. The lowest BCUT2D eigenvalue weighted by atomic mass is 10.0. The van der Waals surface area contributed by atoms with E-state index in [0.29, 0.717) is 32.0 Å². The summed E-state index contributed by atoms with van der Waals surface area (Å²) >= 11 is 0. The van der Waals surface area contributed by atoms with E-state index in [1.165, 1.54) is 0 Å². The number of hydrogen-bond acceptors (Lipinski definition) is 4. The first kappa shape index (κ1) is 11.7. The molecule has 0 aliphatic carbocycles. The van der Waals surface area contributed by atoms with E-state index in [0.717, 1.165) is 12.8 Å². The highest BCUT2D eigenvalue weighted by atomic mass is 16.7. The number of likely N-dealkylation sites (tertiary alicyclic amines) is 1. The number of nitrogens with zero attached hydrogens (tertiary/aromatic N) is 3. The van der Waals surface area contributed by atoms with E-state index in [1.807, 2.05) is 11.9 Å². The van der Waals surface area contributed by atoms with Gasteiger partial charge in [0.05, 0.1) is 13.2 Å². The summed E-state index contributed by atoms with van der Waals surface area (Å²) < 4.78 is 12.9. The summed E-state index contributed by atoms with van der Waals surface area (Å²) in [4.78, 5) is 14.0. The number of amides is 1. The van der Waals surface area contributed by atoms with Gasteiger partial charge in [-0.25, -0.2) is 0 Å². The van der Waals surface area contributed by atoms with Crippen molar-refractivity contribution in [1.82, 2.24) is 14.7 Å². The Hall–Kier alpha value is -1.40. The van der Waals surface area contributed by atoms with Crippen LogP contribution in [0.25, 0.3) is 0 Å². The van der Waals surface area contributed by atoms with Crippen LogP contribution in [-0.4, -0.2) is 52.7 Å². The van der Waals surface area contributed by atoms with Crippen molar-refractivity contribution in [2.75, 3.05) is 26.3 Å². The summed E-state index contributed by atoms with van der Waals surface area (Å²) in [5.74, 6) is -0.440. The Morgan fingerprint density at radius 1 is 1.33 bits per heavy atom. The van der Waals surface area contributed by atoms with Gasteiger partial charge in [0.15, 0.2) is 5.79 Å². The largest absolute Gasteiger partial charge is 0.347 e. The second-order valence-corrected chi connectivity index (χ2v) is 4.77. The molecule has 0 aromatic carbocycles. The molecular formula is C12H17N3O3. The van der Waals surface area contributed by atoms with Crippen LogP contribution < -0.4 is 0 Å². The Bertz CT molecular complexity index is 441. The lowest BCUT2D eigenvalue weighted by Crippen LogP contribution is -2.47. The first-order valence-corrected chi connectivity index (χ1v) is 6.25. The number of rotatable bonds is 1. The van der Waals surface area contributed by atoms with Crippen LogP contribution >= 0.6 is 0 Å². The lowest BCUT2D eigenvalue weighted by molar-refractivity contribution is -0.181. The zero-order valence-corrected chi connectivity index (χ0v) is 10.5. The van der Waals surface area contributed by atoms with E-state index in [2.05, 4.69) is 5.10 Å². The molecule has 0 unspecified atom stereocenters. The lowest BCUT2D eigenvalue weighted by Gasteiger charge is -2.37. The fraction of sp³-hybridized carbons (Fsp3) is 0.667. The van der Waals surface area contributed by atoms with E-state index in [-0.39, 0.29) is 5.91 Å². The molecular weight excluding hydrogens is 234 g/mol. The number of carbonyl (C=O) groups excluding carboxylic acids is 1. The predicted octanol–water partition coefficient (Wildman–Crippen LogP) is 0.399. The molecule has 6 heteroatoms. The van der Waals surface area contributed by atoms with Crippen molar-refractivity contribution in [1.29, 1.82) is 0 Å². The van der Waals surface area contributed by atoms with Crippen LogP contribution in [0.4, 0.5) is 0 Å². The van der Waals surface area contributed by atoms with Crippen LogP contribution in [0, 0.1) is 0 Å². The minimum absolute atomic E-state index is 0.0107. The normalized spacial score (nSPS) is 22.6. The van der Waals surface area contributed by atoms with Gasteiger partial charge < -0.3 is 14.4 Å². The number of aromatic nitrogens is 2. The molecule has 0 atom stereocenters. The highest BCUT2D eigenvalue weighted by Gasteiger charge is 2.41. The molecule has 18 heavy (non-hydrogen) atoms. The van der Waals surface area contributed by atoms with Gasteiger partial charge in [0, 0.05) is 39.2 Å². The van der Waals surface area contributed by atoms with Crippen molar-refractivity contribution in [3.8, 4) is 0 Å². The van der Waals surface area contributed by atoms with Gasteiger partial charge in [0.25, 0.3) is 5.91 Å². The standard InChI is InChI=1S/C12H17N3O3/c1-14-5-2-10(13-14)11(16)15-6-3-12(4-7-15)17-8-9-18-12/h2,5H,3-4,6-9H2,1H3. The number of piperidine rings is 1. The third-order valence-electron chi connectivity index (χ3n) is 3.56. The third kappa shape index (κ3) is 2.02. The van der Waals surface area contributed by atoms with E-state index >= 15 is 0 Å². The quantitative estimate of drug-likeness (QED) is 0.725. The van der Waals surface area contributed by atoms with Crippen molar-refractivity contribution < 1.29 is 14.3 Å². The molecule has 98 valence electrons. The third-order valence-corrected chi connectivity index (χ3v) is 3.56. The average Bonchev–Trinajstić information content (AvgIpc) is 3.00. The van der Waals surface area contributed by atoms with Crippen molar-refractivity contribution in [3.63, 3.8) is 0 Å². The van der Waals surface area contributed by atoms with Gasteiger partial charge in [0.1, 0.15) is 5.69 Å². The second kappa shape index (κ2) is 4.37. The minimum Gasteiger partial charge on any atom is -0.347 e. The Labute approximate surface area is 105 Å². The molecule has 3 rings (SSSR count). The maximum absolute atomic E-state index is 12.2. The average molecular weight is 251 g/mol. The molecule has 1 aromatic heterocycles. The number of aryl methyl sites for hydroxylation is 1. The molecule has 3 heterocycles. The van der Waals surface area contributed by atoms with Gasteiger partial charge in [0.2, 0.25) is 0 Å². The van der Waals surface area contributed by atoms with Crippen molar-refractivity contribution in [2.24, 2.45) is 7.05 Å². The molecule has 2 fully saturated rings. The van der Waals surface area contributed by atoms with Crippen LogP contribution in [0.15, 0.2) is 12.3 Å². The Balaban J connectivity index is 1.64. The second-order valence-electron chi connectivity index (χ2n) is 4.77. The van der Waals surface area contributed by atoms with Gasteiger partial charge in [-0.05, 0) is 6.07 Å². The van der Waals surface area contributed by atoms with Crippen LogP contribution in [0.5, 0.6) is 0 Å². The highest BCUT2D eigenvalue weighted by Crippen LogP contribution is 2.31. The SMILES string of the molecule is Cn1ccc(C(=O)N2CCC3(CC2)OCCO3)n1. The molecule has 1 aromatic rings. The Kier molecular flexibility index (Phi) is 2.83. The number of ether oxygens (including phenoxy) is 2. The van der Waals surface area contributed by atoms with Crippen LogP contribution in [0.2, 0.25) is 0 Å². The molecule has 0 bridgehead atoms. The summed E-state index contributed by atoms with van der Waals surface area (Å²) in [6.45, 7) is 2.65. The van der Waals surface area contributed by atoms with Crippen LogP contribution in [0.1, 0.15) is 23.3 Å². The Morgan fingerprint density at radius 3 is 2.56 bits per heavy atom. The van der Waals surface area contributed by atoms with Crippen molar-refractivity contribution in [3.05, 3.63) is 18.0 Å². The summed E-state index contributed by atoms with van der Waals surface area (Å²) in [6.07, 6.45) is 3.26. The van der Waals surface area contributed by atoms with Crippen LogP contribution in [-0.2, 0) is 16.5 Å². The van der Waals surface area contributed by atoms with Gasteiger partial charge in [-0.1, -0.05) is 0 Å². The smallest absolute Gasteiger partial charge is 0.274 e. The van der Waals surface area contributed by atoms with Gasteiger partial charge in [-0.3, -0.25) is 9.48 Å². The van der Waals surface area contributed by atoms with Gasteiger partial charge in [-0.2, -0.15) is 5.10 Å². The molecule has 0 saturated carbocycles. The first-order valence-electron chi connectivity index (χ1n) is 6.25. The molecule has 2 aliphatic rings. The highest BCUT2D eigenvalue weighted by molar-refractivity contribution is 5.92. The number of hydrogen-bond donors (Lipinski definition) is 0. The number of carbonyl (C=O) groups is 1. The minimum atomic E-state index is -0.430. The fourth-order valence-electron chi connectivity index (χ4n) is 2.53. The summed E-state index contributed by atoms with van der Waals surface area (Å²) in [6, 6.07) is 1.75. The van der Waals surface area contributed by atoms with E-state index in [1.54, 1.807) is 16.9 Å². The van der Waals surface area contributed by atoms with Gasteiger partial charge >= 0.3 is 0 Å². The van der Waals surface area contributed by atoms with E-state index in [9.17, 15) is 4.79 Å². The molecule has 1 spiro atoms. The Morgan fingerprint density at radius 2 is 2.00 bits per heavy atom. The molecule has 2 aliphatic heterocycles.